The summed E-state index contributed by atoms with van der Waals surface area (Å²) in [5, 5.41) is 0.0117. The van der Waals surface area contributed by atoms with Crippen LogP contribution in [0, 0.1) is 5.92 Å². The normalized spacial score (nSPS) is 14.8. The zero-order valence-corrected chi connectivity index (χ0v) is 22.1. The van der Waals surface area contributed by atoms with Crippen LogP contribution in [0.3, 0.4) is 0 Å². The highest BCUT2D eigenvalue weighted by atomic mass is 32.2. The van der Waals surface area contributed by atoms with E-state index >= 15 is 0 Å². The number of para-hydroxylation sites is 1. The lowest BCUT2D eigenvalue weighted by molar-refractivity contribution is -0.142. The minimum absolute atomic E-state index is 0.271. The zero-order valence-electron chi connectivity index (χ0n) is 20.4. The van der Waals surface area contributed by atoms with Crippen molar-refractivity contribution in [2.75, 3.05) is 11.4 Å². The number of carbonyl (C=O) groups excluding carboxylic acids is 1. The number of hydrogen-bond acceptors (Lipinski definition) is 5. The van der Waals surface area contributed by atoms with Gasteiger partial charge in [-0.05, 0) is 46.9 Å². The molecule has 4 rings (SSSR count). The number of hydrogen-bond donors (Lipinski definition) is 2. The summed E-state index contributed by atoms with van der Waals surface area (Å²) in [6.45, 7) is 3.55. The van der Waals surface area contributed by atoms with E-state index in [1.807, 2.05) is 36.4 Å². The monoisotopic (exact) mass is 541 g/mol. The molecule has 3 aromatic carbocycles. The lowest BCUT2D eigenvalue weighted by Crippen LogP contribution is -2.46. The van der Waals surface area contributed by atoms with Crippen molar-refractivity contribution in [3.63, 3.8) is 0 Å². The molecule has 194 valence electrons. The number of ether oxygens (including phenoxy) is 1. The van der Waals surface area contributed by atoms with Crippen molar-refractivity contribution in [2.24, 2.45) is 5.92 Å². The first-order valence-electron chi connectivity index (χ1n) is 11.5. The van der Waals surface area contributed by atoms with Crippen molar-refractivity contribution < 1.29 is 31.5 Å². The van der Waals surface area contributed by atoms with E-state index in [4.69, 9.17) is 9.15 Å². The van der Waals surface area contributed by atoms with Crippen molar-refractivity contribution in [3.05, 3.63) is 90.2 Å². The molecule has 1 aromatic heterocycles. The third-order valence-corrected chi connectivity index (χ3v) is 7.75. The lowest BCUT2D eigenvalue weighted by Gasteiger charge is -2.30. The Morgan fingerprint density at radius 1 is 0.919 bits per heavy atom. The lowest BCUT2D eigenvalue weighted by atomic mass is 10.0. The topological polar surface area (TPSA) is 117 Å². The SMILES string of the molecule is COC(=O)C(C(C)C)N(c1ccc(-c2ccc(C(c3cc4ccccc4o3)S(=O)O)cc2)cc1)S(=O)O. The first-order valence-corrected chi connectivity index (χ1v) is 13.7. The van der Waals surface area contributed by atoms with Crippen LogP contribution in [0.1, 0.15) is 30.4 Å². The molecule has 0 aliphatic carbocycles. The number of furan rings is 1. The fraction of sp³-hybridized carbons (Fsp3) is 0.222. The van der Waals surface area contributed by atoms with E-state index in [0.717, 1.165) is 20.8 Å². The highest BCUT2D eigenvalue weighted by molar-refractivity contribution is 7.80. The summed E-state index contributed by atoms with van der Waals surface area (Å²) in [6, 6.07) is 22.3. The van der Waals surface area contributed by atoms with Crippen molar-refractivity contribution in [3.8, 4) is 11.1 Å². The maximum atomic E-state index is 12.3. The van der Waals surface area contributed by atoms with Crippen molar-refractivity contribution in [1.82, 2.24) is 0 Å². The van der Waals surface area contributed by atoms with Crippen LogP contribution < -0.4 is 4.31 Å². The molecule has 0 bridgehead atoms. The predicted octanol–water partition coefficient (Wildman–Crippen LogP) is 5.55. The molecule has 8 nitrogen and oxygen atoms in total. The summed E-state index contributed by atoms with van der Waals surface area (Å²) >= 11 is -4.64. The van der Waals surface area contributed by atoms with Crippen LogP contribution in [0.5, 0.6) is 0 Å². The van der Waals surface area contributed by atoms with Gasteiger partial charge in [0, 0.05) is 5.39 Å². The summed E-state index contributed by atoms with van der Waals surface area (Å²) in [5.41, 5.74) is 3.33. The molecule has 0 aliphatic rings. The van der Waals surface area contributed by atoms with Gasteiger partial charge in [0.2, 0.25) is 0 Å². The molecule has 0 fully saturated rings. The van der Waals surface area contributed by atoms with E-state index in [1.165, 1.54) is 7.11 Å². The molecule has 4 aromatic rings. The Morgan fingerprint density at radius 3 is 2.03 bits per heavy atom. The number of fused-ring (bicyclic) bond motifs is 1. The van der Waals surface area contributed by atoms with E-state index in [2.05, 4.69) is 0 Å². The maximum Gasteiger partial charge on any atom is 0.329 e. The van der Waals surface area contributed by atoms with Crippen LogP contribution >= 0.6 is 0 Å². The van der Waals surface area contributed by atoms with Crippen LogP contribution in [-0.4, -0.2) is 36.6 Å². The van der Waals surface area contributed by atoms with Gasteiger partial charge in [-0.25, -0.2) is 13.2 Å². The number of benzene rings is 3. The summed E-state index contributed by atoms with van der Waals surface area (Å²) < 4.78 is 56.1. The molecular weight excluding hydrogens is 514 g/mol. The molecule has 2 N–H and O–H groups in total. The third kappa shape index (κ3) is 5.67. The Balaban J connectivity index is 1.61. The predicted molar refractivity (Wildman–Crippen MR) is 145 cm³/mol. The Kier molecular flexibility index (Phi) is 8.23. The molecule has 37 heavy (non-hydrogen) atoms. The molecule has 0 radical (unpaired) electrons. The number of rotatable bonds is 9. The minimum Gasteiger partial charge on any atom is -0.467 e. The van der Waals surface area contributed by atoms with Gasteiger partial charge in [0.1, 0.15) is 22.6 Å². The van der Waals surface area contributed by atoms with Gasteiger partial charge in [0.05, 0.1) is 12.8 Å². The molecule has 0 amide bonds. The van der Waals surface area contributed by atoms with E-state index in [-0.39, 0.29) is 5.92 Å². The minimum atomic E-state index is -2.44. The Labute approximate surface area is 220 Å². The number of esters is 1. The van der Waals surface area contributed by atoms with Crippen LogP contribution in [0.25, 0.3) is 22.1 Å². The Bertz CT molecular complexity index is 1400. The van der Waals surface area contributed by atoms with E-state index in [1.54, 1.807) is 56.3 Å². The number of nitrogens with zero attached hydrogens (tertiary/aromatic N) is 1. The first-order chi connectivity index (χ1) is 17.7. The van der Waals surface area contributed by atoms with Crippen molar-refractivity contribution >= 4 is 45.0 Å². The molecule has 4 atom stereocenters. The van der Waals surface area contributed by atoms with Gasteiger partial charge in [0.15, 0.2) is 11.1 Å². The molecule has 1 heterocycles. The Morgan fingerprint density at radius 2 is 1.51 bits per heavy atom. The number of anilines is 1. The zero-order chi connectivity index (χ0) is 26.7. The van der Waals surface area contributed by atoms with Crippen molar-refractivity contribution in [1.29, 1.82) is 0 Å². The van der Waals surface area contributed by atoms with Gasteiger partial charge < -0.3 is 13.7 Å². The Hall–Kier alpha value is -3.31. The standard InChI is InChI=1S/C27H27NO7S2/c1-17(2)25(27(29)34-3)28(37(32)33)22-14-12-19(13-15-22)18-8-10-20(11-9-18)26(36(30)31)24-16-21-6-4-5-7-23(21)35-24/h4-17,25-26H,1-3H3,(H,30,31)(H,32,33). The van der Waals surface area contributed by atoms with Gasteiger partial charge >= 0.3 is 5.97 Å². The smallest absolute Gasteiger partial charge is 0.329 e. The quantitative estimate of drug-likeness (QED) is 0.211. The summed E-state index contributed by atoms with van der Waals surface area (Å²) in [7, 11) is 1.24. The second-order valence-corrected chi connectivity index (χ2v) is 10.7. The van der Waals surface area contributed by atoms with Gasteiger partial charge in [-0.15, -0.1) is 0 Å². The maximum absolute atomic E-state index is 12.3. The van der Waals surface area contributed by atoms with Gasteiger partial charge in [-0.3, -0.25) is 8.86 Å². The van der Waals surface area contributed by atoms with Gasteiger partial charge in [-0.1, -0.05) is 68.4 Å². The fourth-order valence-electron chi connectivity index (χ4n) is 4.27. The second-order valence-electron chi connectivity index (χ2n) is 8.78. The number of methoxy groups -OCH3 is 1. The molecule has 0 spiro atoms. The average Bonchev–Trinajstić information content (AvgIpc) is 3.30. The molecular formula is C27H27NO7S2. The largest absolute Gasteiger partial charge is 0.467 e. The van der Waals surface area contributed by atoms with Crippen LogP contribution in [0.15, 0.2) is 83.3 Å². The highest BCUT2D eigenvalue weighted by Gasteiger charge is 2.34. The van der Waals surface area contributed by atoms with Gasteiger partial charge in [0.25, 0.3) is 11.3 Å². The van der Waals surface area contributed by atoms with Crippen LogP contribution in [0.4, 0.5) is 5.69 Å². The highest BCUT2D eigenvalue weighted by Crippen LogP contribution is 2.34. The summed E-state index contributed by atoms with van der Waals surface area (Å²) in [5.74, 6) is -0.466. The molecule has 4 unspecified atom stereocenters. The fourth-order valence-corrected chi connectivity index (χ4v) is 5.80. The molecule has 0 saturated carbocycles. The van der Waals surface area contributed by atoms with E-state index in [9.17, 15) is 22.3 Å². The molecule has 0 aliphatic heterocycles. The third-order valence-electron chi connectivity index (χ3n) is 6.07. The first kappa shape index (κ1) is 26.7. The average molecular weight is 542 g/mol. The van der Waals surface area contributed by atoms with Crippen molar-refractivity contribution in [2.45, 2.75) is 25.1 Å². The molecule has 10 heteroatoms. The van der Waals surface area contributed by atoms with Crippen LogP contribution in [-0.2, 0) is 31.9 Å². The molecule has 0 saturated heterocycles. The summed E-state index contributed by atoms with van der Waals surface area (Å²) in [6.07, 6.45) is 0. The van der Waals surface area contributed by atoms with E-state index in [0.29, 0.717) is 22.6 Å². The van der Waals surface area contributed by atoms with Gasteiger partial charge in [-0.2, -0.15) is 0 Å². The second kappa shape index (κ2) is 11.4. The van der Waals surface area contributed by atoms with E-state index < -0.39 is 39.6 Å². The number of carbonyl (C=O) groups is 1. The van der Waals surface area contributed by atoms with Crippen LogP contribution in [0.2, 0.25) is 0 Å². The summed E-state index contributed by atoms with van der Waals surface area (Å²) in [4.78, 5) is 12.3.